The first-order valence-electron chi connectivity index (χ1n) is 5.09. The molecule has 0 spiro atoms. The van der Waals surface area contributed by atoms with Crippen molar-refractivity contribution in [2.24, 2.45) is 0 Å². The molecule has 4 nitrogen and oxygen atoms in total. The average molecular weight is 260 g/mol. The molecule has 0 fully saturated rings. The number of rotatable bonds is 5. The zero-order chi connectivity index (χ0) is 13.0. The second-order valence-corrected chi connectivity index (χ2v) is 4.02. The number of Topliss-reactive ketones (excluding diaryl/α,β-unsaturated/α-hetero) is 1. The number of hydrogen-bond acceptors (Lipinski definition) is 3. The predicted molar refractivity (Wildman–Crippen MR) is 61.7 cm³/mol. The van der Waals surface area contributed by atoms with Crippen LogP contribution in [-0.2, 0) is 11.2 Å². The SMILES string of the molecule is CCCC(=O)Cc1cc(F)c(Cl)cc1[N+](=O)[O-]. The summed E-state index contributed by atoms with van der Waals surface area (Å²) in [4.78, 5) is 21.5. The van der Waals surface area contributed by atoms with Gasteiger partial charge in [0.25, 0.3) is 5.69 Å². The van der Waals surface area contributed by atoms with Gasteiger partial charge in [0.1, 0.15) is 11.6 Å². The molecule has 1 rings (SSSR count). The van der Waals surface area contributed by atoms with Crippen molar-refractivity contribution < 1.29 is 14.1 Å². The molecule has 1 aromatic rings. The van der Waals surface area contributed by atoms with Gasteiger partial charge in [-0.25, -0.2) is 4.39 Å². The molecule has 92 valence electrons. The van der Waals surface area contributed by atoms with E-state index < -0.39 is 10.7 Å². The molecule has 0 N–H and O–H groups in total. The Labute approximate surface area is 103 Å². The van der Waals surface area contributed by atoms with Gasteiger partial charge in [0.2, 0.25) is 0 Å². The fourth-order valence-electron chi connectivity index (χ4n) is 1.47. The summed E-state index contributed by atoms with van der Waals surface area (Å²) in [6.07, 6.45) is 0.836. The Morgan fingerprint density at radius 3 is 2.71 bits per heavy atom. The highest BCUT2D eigenvalue weighted by atomic mass is 35.5. The minimum Gasteiger partial charge on any atom is -0.299 e. The minimum absolute atomic E-state index is 0.0651. The minimum atomic E-state index is -0.753. The van der Waals surface area contributed by atoms with E-state index in [1.54, 1.807) is 0 Å². The highest BCUT2D eigenvalue weighted by molar-refractivity contribution is 6.31. The highest BCUT2D eigenvalue weighted by Gasteiger charge is 2.19. The molecule has 0 saturated carbocycles. The van der Waals surface area contributed by atoms with Crippen molar-refractivity contribution in [1.29, 1.82) is 0 Å². The van der Waals surface area contributed by atoms with E-state index in [0.717, 1.165) is 12.1 Å². The van der Waals surface area contributed by atoms with E-state index >= 15 is 0 Å². The molecule has 0 aliphatic carbocycles. The van der Waals surface area contributed by atoms with Crippen LogP contribution in [0.3, 0.4) is 0 Å². The van der Waals surface area contributed by atoms with Crippen LogP contribution >= 0.6 is 11.6 Å². The second-order valence-electron chi connectivity index (χ2n) is 3.62. The third-order valence-corrected chi connectivity index (χ3v) is 2.52. The van der Waals surface area contributed by atoms with E-state index in [0.29, 0.717) is 12.8 Å². The van der Waals surface area contributed by atoms with Crippen LogP contribution in [0.2, 0.25) is 5.02 Å². The summed E-state index contributed by atoms with van der Waals surface area (Å²) in [5, 5.41) is 10.4. The molecule has 0 atom stereocenters. The molecule has 0 aliphatic heterocycles. The van der Waals surface area contributed by atoms with Gasteiger partial charge in [-0.05, 0) is 12.5 Å². The lowest BCUT2D eigenvalue weighted by Gasteiger charge is -2.03. The summed E-state index contributed by atoms with van der Waals surface area (Å²) >= 11 is 5.46. The van der Waals surface area contributed by atoms with Crippen LogP contribution in [0.25, 0.3) is 0 Å². The van der Waals surface area contributed by atoms with Crippen molar-refractivity contribution in [2.45, 2.75) is 26.2 Å². The average Bonchev–Trinajstić information content (AvgIpc) is 2.23. The van der Waals surface area contributed by atoms with Gasteiger partial charge >= 0.3 is 0 Å². The molecule has 0 bridgehead atoms. The van der Waals surface area contributed by atoms with Crippen LogP contribution in [0.4, 0.5) is 10.1 Å². The van der Waals surface area contributed by atoms with Crippen molar-refractivity contribution in [3.05, 3.63) is 38.7 Å². The van der Waals surface area contributed by atoms with E-state index in [1.807, 2.05) is 6.92 Å². The molecule has 0 unspecified atom stereocenters. The number of carbonyl (C=O) groups is 1. The largest absolute Gasteiger partial charge is 0.299 e. The Kier molecular flexibility index (Phi) is 4.57. The third-order valence-electron chi connectivity index (χ3n) is 2.23. The molecule has 0 aliphatic rings. The summed E-state index contributed by atoms with van der Waals surface area (Å²) < 4.78 is 13.2. The zero-order valence-corrected chi connectivity index (χ0v) is 9.96. The smallest absolute Gasteiger partial charge is 0.274 e. The van der Waals surface area contributed by atoms with Crippen LogP contribution in [0.1, 0.15) is 25.3 Å². The Bertz CT molecular complexity index is 462. The van der Waals surface area contributed by atoms with Crippen LogP contribution in [-0.4, -0.2) is 10.7 Å². The number of ketones is 1. The normalized spacial score (nSPS) is 10.3. The molecule has 17 heavy (non-hydrogen) atoms. The third kappa shape index (κ3) is 3.49. The molecule has 1 aromatic carbocycles. The van der Waals surface area contributed by atoms with Gasteiger partial charge in [-0.15, -0.1) is 0 Å². The fourth-order valence-corrected chi connectivity index (χ4v) is 1.63. The second kappa shape index (κ2) is 5.72. The molecule has 0 saturated heterocycles. The van der Waals surface area contributed by atoms with Crippen molar-refractivity contribution in [2.75, 3.05) is 0 Å². The summed E-state index contributed by atoms with van der Waals surface area (Å²) in [5.41, 5.74) is -0.254. The molecule has 0 aromatic heterocycles. The van der Waals surface area contributed by atoms with Gasteiger partial charge < -0.3 is 0 Å². The highest BCUT2D eigenvalue weighted by Crippen LogP contribution is 2.26. The number of hydrogen-bond donors (Lipinski definition) is 0. The molecular weight excluding hydrogens is 249 g/mol. The Hall–Kier alpha value is -1.49. The van der Waals surface area contributed by atoms with Gasteiger partial charge in [0, 0.05) is 24.5 Å². The number of nitro benzene ring substituents is 1. The predicted octanol–water partition coefficient (Wildman–Crippen LogP) is 3.30. The first kappa shape index (κ1) is 13.6. The molecule has 0 radical (unpaired) electrons. The van der Waals surface area contributed by atoms with E-state index in [1.165, 1.54) is 0 Å². The maximum atomic E-state index is 13.2. The van der Waals surface area contributed by atoms with Crippen LogP contribution < -0.4 is 0 Å². The van der Waals surface area contributed by atoms with Crippen molar-refractivity contribution in [3.63, 3.8) is 0 Å². The standard InChI is InChI=1S/C11H11ClFNO3/c1-2-3-8(15)4-7-5-10(13)9(12)6-11(7)14(16)17/h5-6H,2-4H2,1H3. The summed E-state index contributed by atoms with van der Waals surface area (Å²) in [7, 11) is 0. The monoisotopic (exact) mass is 259 g/mol. The zero-order valence-electron chi connectivity index (χ0n) is 9.20. The molecule has 6 heteroatoms. The molecule has 0 heterocycles. The maximum Gasteiger partial charge on any atom is 0.274 e. The van der Waals surface area contributed by atoms with E-state index in [4.69, 9.17) is 11.6 Å². The fraction of sp³-hybridized carbons (Fsp3) is 0.364. The van der Waals surface area contributed by atoms with E-state index in [2.05, 4.69) is 0 Å². The summed E-state index contributed by atoms with van der Waals surface area (Å²) in [5.74, 6) is -0.908. The van der Waals surface area contributed by atoms with Crippen LogP contribution in [0, 0.1) is 15.9 Å². The number of nitro groups is 1. The van der Waals surface area contributed by atoms with Gasteiger partial charge in [0.05, 0.1) is 9.95 Å². The lowest BCUT2D eigenvalue weighted by atomic mass is 10.0. The number of carbonyl (C=O) groups excluding carboxylic acids is 1. The van der Waals surface area contributed by atoms with Crippen molar-refractivity contribution in [3.8, 4) is 0 Å². The number of benzene rings is 1. The number of nitrogens with zero attached hydrogens (tertiary/aromatic N) is 1. The summed E-state index contributed by atoms with van der Waals surface area (Å²) in [6, 6.07) is 1.89. The first-order chi connectivity index (χ1) is 7.95. The van der Waals surface area contributed by atoms with Gasteiger partial charge in [0.15, 0.2) is 0 Å². The number of halogens is 2. The molecule has 0 amide bonds. The quantitative estimate of drug-likeness (QED) is 0.602. The Balaban J connectivity index is 3.08. The van der Waals surface area contributed by atoms with Crippen LogP contribution in [0.15, 0.2) is 12.1 Å². The van der Waals surface area contributed by atoms with E-state index in [-0.39, 0.29) is 28.5 Å². The van der Waals surface area contributed by atoms with Gasteiger partial charge in [-0.3, -0.25) is 14.9 Å². The van der Waals surface area contributed by atoms with Crippen LogP contribution in [0.5, 0.6) is 0 Å². The maximum absolute atomic E-state index is 13.2. The summed E-state index contributed by atoms with van der Waals surface area (Å²) in [6.45, 7) is 1.83. The van der Waals surface area contributed by atoms with Gasteiger partial charge in [-0.2, -0.15) is 0 Å². The molecular formula is C11H11ClFNO3. The lowest BCUT2D eigenvalue weighted by molar-refractivity contribution is -0.385. The lowest BCUT2D eigenvalue weighted by Crippen LogP contribution is -2.05. The van der Waals surface area contributed by atoms with E-state index in [9.17, 15) is 19.3 Å². The van der Waals surface area contributed by atoms with Crippen molar-refractivity contribution >= 4 is 23.1 Å². The Morgan fingerprint density at radius 1 is 1.53 bits per heavy atom. The Morgan fingerprint density at radius 2 is 2.18 bits per heavy atom. The topological polar surface area (TPSA) is 60.2 Å². The first-order valence-corrected chi connectivity index (χ1v) is 5.47. The van der Waals surface area contributed by atoms with Gasteiger partial charge in [-0.1, -0.05) is 18.5 Å². The van der Waals surface area contributed by atoms with Crippen molar-refractivity contribution in [1.82, 2.24) is 0 Å².